The quantitative estimate of drug-likeness (QED) is 0.118. The number of nitrogens with zero attached hydrogens (tertiary/aromatic N) is 1. The molecular weight excluding hydrogens is 578 g/mol. The largest absolute Gasteiger partial charge is 0.507 e. The van der Waals surface area contributed by atoms with Crippen molar-refractivity contribution in [2.75, 3.05) is 20.8 Å². The number of phenols is 1. The minimum absolute atomic E-state index is 0.00670. The molecule has 5 atom stereocenters. The number of aliphatic hydroxyl groups is 5. The van der Waals surface area contributed by atoms with Gasteiger partial charge in [-0.3, -0.25) is 14.6 Å². The van der Waals surface area contributed by atoms with Crippen LogP contribution in [0.15, 0.2) is 17.1 Å². The van der Waals surface area contributed by atoms with Crippen LogP contribution in [0.25, 0.3) is 0 Å². The molecule has 2 fully saturated rings. The summed E-state index contributed by atoms with van der Waals surface area (Å²) in [6.45, 7) is -1.37. The van der Waals surface area contributed by atoms with E-state index >= 15 is 0 Å². The predicted octanol–water partition coefficient (Wildman–Crippen LogP) is -0.461. The van der Waals surface area contributed by atoms with Crippen molar-refractivity contribution in [3.8, 4) is 17.2 Å². The minimum atomic E-state index is -1.82. The highest BCUT2D eigenvalue weighted by Gasteiger charge is 2.46. The number of hydrogen-bond donors (Lipinski definition) is 8. The van der Waals surface area contributed by atoms with E-state index in [2.05, 4.69) is 10.3 Å². The minimum Gasteiger partial charge on any atom is -0.507 e. The number of nitrogens with one attached hydrogen (secondary N) is 1. The highest BCUT2D eigenvalue weighted by molar-refractivity contribution is 6.31. The Labute approximate surface area is 252 Å². The van der Waals surface area contributed by atoms with Gasteiger partial charge < -0.3 is 55.9 Å². The monoisotopic (exact) mass is 615 g/mol. The van der Waals surface area contributed by atoms with Crippen molar-refractivity contribution in [2.45, 2.75) is 75.5 Å². The Balaban J connectivity index is 1.68. The molecule has 44 heavy (non-hydrogen) atoms. The number of rotatable bonds is 8. The van der Waals surface area contributed by atoms with Crippen molar-refractivity contribution in [3.05, 3.63) is 51.1 Å². The zero-order valence-electron chi connectivity index (χ0n) is 24.3. The highest BCUT2D eigenvalue weighted by Crippen LogP contribution is 2.47. The Morgan fingerprint density at radius 3 is 2.32 bits per heavy atom. The van der Waals surface area contributed by atoms with Gasteiger partial charge in [0.1, 0.15) is 41.7 Å². The standard InChI is InChI=1S/C30H37N3O11/c1-32-30(31)33-9-15-13(12-5-3-4-6-12)7-14-21(24(15)37)26(39)22-18(8-17(42-2)16(10-34)20(22)23(14)36)43-29-28(41)27(40)25(38)19(11-35)44-29/h7-8,12,19,25,27-29,34-35,37-38,40-41H,3-6,9-11H2,1-2H3,(H3,31,32,33). The van der Waals surface area contributed by atoms with Gasteiger partial charge in [0.15, 0.2) is 11.7 Å². The molecule has 3 aliphatic rings. The molecule has 1 saturated carbocycles. The van der Waals surface area contributed by atoms with E-state index in [1.807, 2.05) is 0 Å². The highest BCUT2D eigenvalue weighted by atomic mass is 16.7. The number of benzene rings is 2. The third-order valence-corrected chi connectivity index (χ3v) is 8.68. The van der Waals surface area contributed by atoms with E-state index in [0.717, 1.165) is 25.7 Å². The number of aromatic hydroxyl groups is 1. The van der Waals surface area contributed by atoms with Crippen LogP contribution in [-0.4, -0.2) is 99.6 Å². The van der Waals surface area contributed by atoms with Gasteiger partial charge >= 0.3 is 0 Å². The van der Waals surface area contributed by atoms with Crippen LogP contribution in [0.2, 0.25) is 0 Å². The van der Waals surface area contributed by atoms with Gasteiger partial charge in [0.25, 0.3) is 0 Å². The van der Waals surface area contributed by atoms with Crippen LogP contribution in [0, 0.1) is 0 Å². The molecule has 238 valence electrons. The van der Waals surface area contributed by atoms with E-state index in [1.165, 1.54) is 20.2 Å². The number of methoxy groups -OCH3 is 1. The Morgan fingerprint density at radius 1 is 1.00 bits per heavy atom. The summed E-state index contributed by atoms with van der Waals surface area (Å²) in [5, 5.41) is 65.5. The number of phenolic OH excluding ortho intramolecular Hbond substituents is 1. The SMILES string of the molecule is CN=C(N)NCc1c(C2CCCC2)cc2c(c1O)C(=O)c1c(OC3OC(CO)C(O)C(O)C3O)cc(OC)c(CO)c1C2=O. The lowest BCUT2D eigenvalue weighted by Crippen LogP contribution is -2.60. The summed E-state index contributed by atoms with van der Waals surface area (Å²) in [7, 11) is 2.78. The Bertz CT molecular complexity index is 1490. The molecular formula is C30H37N3O11. The van der Waals surface area contributed by atoms with Gasteiger partial charge in [-0.2, -0.15) is 0 Å². The van der Waals surface area contributed by atoms with Crippen molar-refractivity contribution in [3.63, 3.8) is 0 Å². The molecule has 2 aliphatic carbocycles. The fourth-order valence-corrected chi connectivity index (χ4v) is 6.32. The second kappa shape index (κ2) is 12.7. The first-order chi connectivity index (χ1) is 21.1. The normalized spacial score (nSPS) is 25.5. The third kappa shape index (κ3) is 5.27. The first-order valence-electron chi connectivity index (χ1n) is 14.3. The molecule has 0 amide bonds. The first kappa shape index (κ1) is 31.6. The van der Waals surface area contributed by atoms with E-state index in [1.54, 1.807) is 6.07 Å². The van der Waals surface area contributed by atoms with E-state index in [9.17, 15) is 40.2 Å². The maximum Gasteiger partial charge on any atom is 0.229 e. The number of ether oxygens (including phenoxy) is 3. The number of ketones is 2. The molecule has 5 rings (SSSR count). The Morgan fingerprint density at radius 2 is 1.70 bits per heavy atom. The number of carbonyl (C=O) groups excluding carboxylic acids is 2. The molecule has 1 aliphatic heterocycles. The van der Waals surface area contributed by atoms with Gasteiger partial charge in [-0.15, -0.1) is 0 Å². The average Bonchev–Trinajstić information content (AvgIpc) is 3.57. The fourth-order valence-electron chi connectivity index (χ4n) is 6.32. The smallest absolute Gasteiger partial charge is 0.229 e. The molecule has 0 radical (unpaired) electrons. The number of guanidine groups is 1. The molecule has 1 heterocycles. The van der Waals surface area contributed by atoms with Gasteiger partial charge in [0, 0.05) is 41.9 Å². The second-order valence-corrected chi connectivity index (χ2v) is 11.1. The summed E-state index contributed by atoms with van der Waals surface area (Å²) in [5.41, 5.74) is 6.07. The zero-order chi connectivity index (χ0) is 31.9. The molecule has 1 saturated heterocycles. The summed E-state index contributed by atoms with van der Waals surface area (Å²) in [4.78, 5) is 32.4. The summed E-state index contributed by atoms with van der Waals surface area (Å²) in [6, 6.07) is 2.83. The molecule has 0 bridgehead atoms. The van der Waals surface area contributed by atoms with Gasteiger partial charge in [0.2, 0.25) is 12.1 Å². The molecule has 0 spiro atoms. The topological polar surface area (TPSA) is 234 Å². The van der Waals surface area contributed by atoms with Crippen LogP contribution >= 0.6 is 0 Å². The fraction of sp³-hybridized carbons (Fsp3) is 0.500. The van der Waals surface area contributed by atoms with Gasteiger partial charge in [-0.05, 0) is 30.4 Å². The van der Waals surface area contributed by atoms with Gasteiger partial charge in [0.05, 0.1) is 31.5 Å². The average molecular weight is 616 g/mol. The molecule has 14 heteroatoms. The maximum atomic E-state index is 14.3. The van der Waals surface area contributed by atoms with Crippen LogP contribution in [0.4, 0.5) is 0 Å². The van der Waals surface area contributed by atoms with Crippen LogP contribution in [0.1, 0.15) is 80.1 Å². The maximum absolute atomic E-state index is 14.3. The van der Waals surface area contributed by atoms with Crippen LogP contribution in [0.5, 0.6) is 17.2 Å². The number of nitrogens with two attached hydrogens (primary N) is 1. The van der Waals surface area contributed by atoms with Crippen LogP contribution in [-0.2, 0) is 17.9 Å². The lowest BCUT2D eigenvalue weighted by atomic mass is 9.77. The number of aliphatic imine (C=N–C) groups is 1. The number of fused-ring (bicyclic) bond motifs is 2. The van der Waals surface area contributed by atoms with Crippen molar-refractivity contribution in [1.82, 2.24) is 5.32 Å². The summed E-state index contributed by atoms with van der Waals surface area (Å²) >= 11 is 0. The summed E-state index contributed by atoms with van der Waals surface area (Å²) in [5.74, 6) is -2.07. The first-order valence-corrected chi connectivity index (χ1v) is 14.3. The van der Waals surface area contributed by atoms with E-state index in [0.29, 0.717) is 11.1 Å². The Hall–Kier alpha value is -3.79. The van der Waals surface area contributed by atoms with E-state index in [4.69, 9.17) is 19.9 Å². The van der Waals surface area contributed by atoms with Gasteiger partial charge in [-0.1, -0.05) is 12.8 Å². The molecule has 2 aromatic carbocycles. The van der Waals surface area contributed by atoms with Crippen molar-refractivity contribution < 1.29 is 54.4 Å². The lowest BCUT2D eigenvalue weighted by Gasteiger charge is -2.40. The molecule has 9 N–H and O–H groups in total. The predicted molar refractivity (Wildman–Crippen MR) is 154 cm³/mol. The lowest BCUT2D eigenvalue weighted by molar-refractivity contribution is -0.277. The van der Waals surface area contributed by atoms with Crippen molar-refractivity contribution >= 4 is 17.5 Å². The van der Waals surface area contributed by atoms with E-state index < -0.39 is 61.2 Å². The molecule has 2 aromatic rings. The number of hydrogen-bond acceptors (Lipinski definition) is 12. The summed E-state index contributed by atoms with van der Waals surface area (Å²) < 4.78 is 16.7. The molecule has 0 aromatic heterocycles. The van der Waals surface area contributed by atoms with Crippen molar-refractivity contribution in [1.29, 1.82) is 0 Å². The summed E-state index contributed by atoms with van der Waals surface area (Å²) in [6.07, 6.45) is -4.67. The van der Waals surface area contributed by atoms with Crippen LogP contribution < -0.4 is 20.5 Å². The van der Waals surface area contributed by atoms with Crippen molar-refractivity contribution in [2.24, 2.45) is 10.7 Å². The van der Waals surface area contributed by atoms with E-state index in [-0.39, 0.29) is 57.7 Å². The molecule has 14 nitrogen and oxygen atoms in total. The third-order valence-electron chi connectivity index (χ3n) is 8.68. The number of carbonyl (C=O) groups is 2. The molecule has 5 unspecified atom stereocenters. The van der Waals surface area contributed by atoms with Gasteiger partial charge in [-0.25, -0.2) is 0 Å². The second-order valence-electron chi connectivity index (χ2n) is 11.1. The van der Waals surface area contributed by atoms with Crippen LogP contribution in [0.3, 0.4) is 0 Å². The Kier molecular flexibility index (Phi) is 9.11. The zero-order valence-corrected chi connectivity index (χ0v) is 24.3. The number of aliphatic hydroxyl groups excluding tert-OH is 5.